The number of hydrogen-bond donors (Lipinski definition) is 3. The molecule has 8 nitrogen and oxygen atoms in total. The predicted octanol–water partition coefficient (Wildman–Crippen LogP) is 0.757. The van der Waals surface area contributed by atoms with Gasteiger partial charge in [-0.1, -0.05) is 12.1 Å². The second kappa shape index (κ2) is 6.25. The zero-order valence-corrected chi connectivity index (χ0v) is 13.9. The van der Waals surface area contributed by atoms with Gasteiger partial charge in [-0.2, -0.15) is 0 Å². The predicted molar refractivity (Wildman–Crippen MR) is 88.1 cm³/mol. The van der Waals surface area contributed by atoms with E-state index in [1.807, 2.05) is 0 Å². The smallest absolute Gasteiger partial charge is 0.352 e. The van der Waals surface area contributed by atoms with E-state index in [2.05, 4.69) is 5.32 Å². The van der Waals surface area contributed by atoms with Crippen molar-refractivity contribution in [1.29, 1.82) is 0 Å². The maximum Gasteiger partial charge on any atom is 0.352 e. The Bertz CT molecular complexity index is 834. The van der Waals surface area contributed by atoms with Gasteiger partial charge in [0.2, 0.25) is 0 Å². The maximum atomic E-state index is 12.4. The largest absolute Gasteiger partial charge is 0.478 e. The molecular weight excluding hydrogens is 348 g/mol. The van der Waals surface area contributed by atoms with Gasteiger partial charge >= 0.3 is 11.9 Å². The van der Waals surface area contributed by atoms with Crippen LogP contribution in [0.2, 0.25) is 0 Å². The third kappa shape index (κ3) is 2.76. The third-order valence-electron chi connectivity index (χ3n) is 4.05. The minimum absolute atomic E-state index is 0.0489. The lowest BCUT2D eigenvalue weighted by atomic mass is 10.0. The van der Waals surface area contributed by atoms with Gasteiger partial charge < -0.3 is 15.5 Å². The molecular formula is C16H14N2O6S. The summed E-state index contributed by atoms with van der Waals surface area (Å²) >= 11 is 1.35. The van der Waals surface area contributed by atoms with Crippen molar-refractivity contribution in [3.05, 3.63) is 46.7 Å². The Morgan fingerprint density at radius 2 is 1.80 bits per heavy atom. The van der Waals surface area contributed by atoms with E-state index in [0.29, 0.717) is 11.3 Å². The molecule has 2 heterocycles. The van der Waals surface area contributed by atoms with Gasteiger partial charge in [0.25, 0.3) is 11.8 Å². The van der Waals surface area contributed by atoms with Gasteiger partial charge in [-0.05, 0) is 24.6 Å². The summed E-state index contributed by atoms with van der Waals surface area (Å²) in [5.74, 6) is -3.19. The number of fused-ring (bicyclic) bond motifs is 1. The zero-order valence-electron chi connectivity index (χ0n) is 13.1. The molecule has 3 N–H and O–H groups in total. The van der Waals surface area contributed by atoms with Crippen LogP contribution in [0.1, 0.15) is 27.6 Å². The monoisotopic (exact) mass is 362 g/mol. The number of carboxylic acid groups (broad SMARTS) is 2. The molecule has 0 spiro atoms. The molecule has 1 saturated heterocycles. The number of carbonyl (C=O) groups excluding carboxylic acids is 2. The Labute approximate surface area is 146 Å². The van der Waals surface area contributed by atoms with Crippen molar-refractivity contribution in [3.8, 4) is 0 Å². The Morgan fingerprint density at radius 3 is 2.40 bits per heavy atom. The molecule has 0 saturated carbocycles. The second-order valence-corrected chi connectivity index (χ2v) is 6.75. The molecule has 2 aliphatic rings. The highest BCUT2D eigenvalue weighted by Gasteiger charge is 2.53. The lowest BCUT2D eigenvalue weighted by Gasteiger charge is -2.49. The first-order valence-electron chi connectivity index (χ1n) is 7.34. The second-order valence-electron chi connectivity index (χ2n) is 5.65. The quantitative estimate of drug-likeness (QED) is 0.675. The maximum absolute atomic E-state index is 12.4. The first-order valence-corrected chi connectivity index (χ1v) is 8.38. The summed E-state index contributed by atoms with van der Waals surface area (Å²) in [6.45, 7) is 1.65. The average molecular weight is 362 g/mol. The number of thioether (sulfide) groups is 1. The molecule has 1 aromatic carbocycles. The summed E-state index contributed by atoms with van der Waals surface area (Å²) in [5, 5.41) is 20.4. The fraction of sp³-hybridized carbons (Fsp3) is 0.250. The molecule has 1 unspecified atom stereocenters. The van der Waals surface area contributed by atoms with E-state index in [1.54, 1.807) is 6.92 Å². The van der Waals surface area contributed by atoms with E-state index >= 15 is 0 Å². The van der Waals surface area contributed by atoms with Crippen molar-refractivity contribution in [2.75, 3.05) is 5.75 Å². The number of benzene rings is 1. The number of nitrogens with one attached hydrogen (secondary N) is 1. The summed E-state index contributed by atoms with van der Waals surface area (Å²) in [6.07, 6.45) is 0. The molecule has 2 amide bonds. The Kier molecular flexibility index (Phi) is 4.25. The fourth-order valence-corrected chi connectivity index (χ4v) is 4.15. The van der Waals surface area contributed by atoms with Gasteiger partial charge in [-0.15, -0.1) is 11.8 Å². The van der Waals surface area contributed by atoms with E-state index in [9.17, 15) is 24.3 Å². The van der Waals surface area contributed by atoms with Crippen molar-refractivity contribution in [3.63, 3.8) is 0 Å². The minimum Gasteiger partial charge on any atom is -0.478 e. The van der Waals surface area contributed by atoms with Crippen LogP contribution in [0, 0.1) is 0 Å². The molecule has 9 heteroatoms. The van der Waals surface area contributed by atoms with Crippen LogP contribution in [0.25, 0.3) is 0 Å². The van der Waals surface area contributed by atoms with Crippen LogP contribution in [0.5, 0.6) is 0 Å². The van der Waals surface area contributed by atoms with E-state index in [0.717, 1.165) is 0 Å². The number of nitrogens with zero attached hydrogens (tertiary/aromatic N) is 1. The minimum atomic E-state index is -1.24. The summed E-state index contributed by atoms with van der Waals surface area (Å²) in [5.41, 5.74) is 0.322. The third-order valence-corrected chi connectivity index (χ3v) is 5.47. The molecule has 2 atom stereocenters. The molecule has 0 bridgehead atoms. The number of aromatic carboxylic acids is 1. The van der Waals surface area contributed by atoms with E-state index in [1.165, 1.54) is 40.9 Å². The lowest BCUT2D eigenvalue weighted by molar-refractivity contribution is -0.148. The van der Waals surface area contributed by atoms with Crippen molar-refractivity contribution in [2.24, 2.45) is 0 Å². The summed E-state index contributed by atoms with van der Waals surface area (Å²) in [7, 11) is 0. The Balaban J connectivity index is 1.81. The van der Waals surface area contributed by atoms with Crippen LogP contribution in [0.3, 0.4) is 0 Å². The van der Waals surface area contributed by atoms with Crippen LogP contribution >= 0.6 is 11.8 Å². The molecule has 0 aromatic heterocycles. The Morgan fingerprint density at radius 1 is 1.16 bits per heavy atom. The molecule has 3 rings (SSSR count). The number of carboxylic acids is 2. The first-order chi connectivity index (χ1) is 11.8. The highest BCUT2D eigenvalue weighted by Crippen LogP contribution is 2.40. The molecule has 0 aliphatic carbocycles. The van der Waals surface area contributed by atoms with Crippen LogP contribution in [0.4, 0.5) is 0 Å². The van der Waals surface area contributed by atoms with Crippen LogP contribution in [-0.4, -0.2) is 56.0 Å². The van der Waals surface area contributed by atoms with Gasteiger partial charge in [0, 0.05) is 5.75 Å². The van der Waals surface area contributed by atoms with Gasteiger partial charge in [0.1, 0.15) is 17.1 Å². The lowest BCUT2D eigenvalue weighted by Crippen LogP contribution is -2.70. The average Bonchev–Trinajstić information content (AvgIpc) is 2.58. The Hall–Kier alpha value is -2.81. The highest BCUT2D eigenvalue weighted by atomic mass is 32.2. The van der Waals surface area contributed by atoms with Crippen molar-refractivity contribution in [2.45, 2.75) is 18.3 Å². The van der Waals surface area contributed by atoms with Gasteiger partial charge in [0.05, 0.1) is 11.1 Å². The zero-order chi connectivity index (χ0) is 18.3. The van der Waals surface area contributed by atoms with Crippen LogP contribution in [-0.2, 0) is 9.59 Å². The fourth-order valence-electron chi connectivity index (χ4n) is 2.86. The van der Waals surface area contributed by atoms with Gasteiger partial charge in [-0.25, -0.2) is 9.59 Å². The van der Waals surface area contributed by atoms with Crippen molar-refractivity contribution >= 4 is 35.5 Å². The van der Waals surface area contributed by atoms with Crippen LogP contribution in [0.15, 0.2) is 35.5 Å². The van der Waals surface area contributed by atoms with Crippen LogP contribution < -0.4 is 5.32 Å². The molecule has 1 fully saturated rings. The number of carbonyl (C=O) groups is 4. The molecule has 1 aromatic rings. The van der Waals surface area contributed by atoms with Crippen molar-refractivity contribution in [1.82, 2.24) is 10.2 Å². The van der Waals surface area contributed by atoms with Gasteiger partial charge in [-0.3, -0.25) is 14.5 Å². The molecule has 25 heavy (non-hydrogen) atoms. The molecule has 2 aliphatic heterocycles. The van der Waals surface area contributed by atoms with E-state index in [-0.39, 0.29) is 16.8 Å². The first kappa shape index (κ1) is 17.0. The molecule has 130 valence electrons. The highest BCUT2D eigenvalue weighted by molar-refractivity contribution is 8.00. The number of aliphatic carboxylic acids is 1. The summed E-state index contributed by atoms with van der Waals surface area (Å²) in [6, 6.07) is 4.80. The number of β-lactam (4-membered cyclic amide) rings is 1. The van der Waals surface area contributed by atoms with Crippen molar-refractivity contribution < 1.29 is 29.4 Å². The topological polar surface area (TPSA) is 124 Å². The number of amides is 2. The number of hydrogen-bond acceptors (Lipinski definition) is 5. The number of rotatable bonds is 4. The standard InChI is InChI=1S/C16H14N2O6S/c1-7-6-25-14-10(13(20)18(14)11(7)16(23)24)17-12(19)8-4-2-3-5-9(8)15(21)22/h2-5,10,14H,6H2,1H3,(H,17,19)(H,21,22)(H,23,24)/t10?,14-/m0/s1. The van der Waals surface area contributed by atoms with E-state index in [4.69, 9.17) is 5.11 Å². The van der Waals surface area contributed by atoms with E-state index < -0.39 is 35.2 Å². The summed E-state index contributed by atoms with van der Waals surface area (Å²) in [4.78, 5) is 48.5. The van der Waals surface area contributed by atoms with Gasteiger partial charge in [0.15, 0.2) is 0 Å². The SMILES string of the molecule is CC1=C(C(=O)O)N2C(=O)C(NC(=O)c3ccccc3C(=O)O)[C@@H]2SC1. The molecule has 0 radical (unpaired) electrons. The summed E-state index contributed by atoms with van der Waals surface area (Å²) < 4.78 is 0. The normalized spacial score (nSPS) is 22.1.